The standard InChI is InChI=1S/C32H35F4N7O4/c1-31(44,16-47-24-6-4-5-11-46-24)21-14-38-28(25-26(19-8-9-19)39-17-40-30(25)45-3)42-27(21)37-13-18-7-10-20(22(33)12-18)29-41-23(15-43(29)2)32(34,35)36/h7,10,12,14-15,17,19,24,44H,4-6,8-9,11,13,16H2,1-3H3,(H,37,38,42). The lowest BCUT2D eigenvalue weighted by molar-refractivity contribution is -0.190. The Labute approximate surface area is 268 Å². The molecule has 2 atom stereocenters. The number of nitrogens with one attached hydrogen (secondary N) is 1. The summed E-state index contributed by atoms with van der Waals surface area (Å²) in [6, 6.07) is 4.17. The molecule has 2 unspecified atom stereocenters. The molecule has 0 spiro atoms. The highest BCUT2D eigenvalue weighted by molar-refractivity contribution is 5.68. The highest BCUT2D eigenvalue weighted by Gasteiger charge is 2.36. The average molecular weight is 658 g/mol. The van der Waals surface area contributed by atoms with Crippen LogP contribution in [0.4, 0.5) is 23.4 Å². The number of ether oxygens (including phenoxy) is 3. The van der Waals surface area contributed by atoms with Crippen molar-refractivity contribution in [2.75, 3.05) is 25.6 Å². The van der Waals surface area contributed by atoms with E-state index in [0.29, 0.717) is 35.6 Å². The van der Waals surface area contributed by atoms with Crippen molar-refractivity contribution in [2.24, 2.45) is 7.05 Å². The molecule has 1 aromatic carbocycles. The Balaban J connectivity index is 1.31. The lowest BCUT2D eigenvalue weighted by Gasteiger charge is -2.30. The molecule has 15 heteroatoms. The third-order valence-electron chi connectivity index (χ3n) is 8.18. The molecule has 250 valence electrons. The van der Waals surface area contributed by atoms with Gasteiger partial charge in [-0.3, -0.25) is 0 Å². The van der Waals surface area contributed by atoms with Crippen LogP contribution in [0.25, 0.3) is 22.8 Å². The minimum atomic E-state index is -4.66. The Morgan fingerprint density at radius 2 is 1.91 bits per heavy atom. The van der Waals surface area contributed by atoms with E-state index in [4.69, 9.17) is 19.2 Å². The number of methoxy groups -OCH3 is 1. The van der Waals surface area contributed by atoms with Crippen LogP contribution in [0, 0.1) is 5.82 Å². The Morgan fingerprint density at radius 3 is 2.57 bits per heavy atom. The maximum atomic E-state index is 15.3. The molecule has 2 fully saturated rings. The second-order valence-electron chi connectivity index (χ2n) is 12.0. The molecule has 0 amide bonds. The van der Waals surface area contributed by atoms with Crippen LogP contribution >= 0.6 is 0 Å². The fourth-order valence-electron chi connectivity index (χ4n) is 5.51. The second kappa shape index (κ2) is 13.1. The predicted octanol–water partition coefficient (Wildman–Crippen LogP) is 5.74. The second-order valence-corrected chi connectivity index (χ2v) is 12.0. The number of aliphatic hydroxyl groups is 1. The van der Waals surface area contributed by atoms with Gasteiger partial charge in [0.05, 0.1) is 25.0 Å². The van der Waals surface area contributed by atoms with Gasteiger partial charge in [0, 0.05) is 44.1 Å². The number of hydrogen-bond donors (Lipinski definition) is 2. The van der Waals surface area contributed by atoms with E-state index >= 15 is 4.39 Å². The zero-order valence-electron chi connectivity index (χ0n) is 26.1. The molecular weight excluding hydrogens is 622 g/mol. The van der Waals surface area contributed by atoms with Gasteiger partial charge in [-0.25, -0.2) is 29.3 Å². The van der Waals surface area contributed by atoms with Crippen LogP contribution in [-0.2, 0) is 34.8 Å². The van der Waals surface area contributed by atoms with Gasteiger partial charge in [-0.1, -0.05) is 6.07 Å². The van der Waals surface area contributed by atoms with Gasteiger partial charge >= 0.3 is 6.18 Å². The molecule has 47 heavy (non-hydrogen) atoms. The summed E-state index contributed by atoms with van der Waals surface area (Å²) in [7, 11) is 2.87. The Hall–Kier alpha value is -4.21. The van der Waals surface area contributed by atoms with E-state index in [0.717, 1.165) is 42.1 Å². The number of benzene rings is 1. The van der Waals surface area contributed by atoms with Crippen LogP contribution < -0.4 is 10.1 Å². The van der Waals surface area contributed by atoms with Crippen LogP contribution in [-0.4, -0.2) is 61.2 Å². The van der Waals surface area contributed by atoms with Crippen molar-refractivity contribution in [3.05, 3.63) is 65.3 Å². The summed E-state index contributed by atoms with van der Waals surface area (Å²) in [5, 5.41) is 14.8. The summed E-state index contributed by atoms with van der Waals surface area (Å²) < 4.78 is 73.1. The van der Waals surface area contributed by atoms with Gasteiger partial charge < -0.3 is 29.2 Å². The monoisotopic (exact) mass is 657 g/mol. The van der Waals surface area contributed by atoms with Crippen LogP contribution in [0.5, 0.6) is 5.88 Å². The van der Waals surface area contributed by atoms with Crippen molar-refractivity contribution >= 4 is 5.82 Å². The van der Waals surface area contributed by atoms with Gasteiger partial charge in [-0.15, -0.1) is 0 Å². The van der Waals surface area contributed by atoms with Gasteiger partial charge in [0.2, 0.25) is 5.88 Å². The van der Waals surface area contributed by atoms with Gasteiger partial charge in [0.15, 0.2) is 17.8 Å². The van der Waals surface area contributed by atoms with E-state index < -0.39 is 29.6 Å². The third kappa shape index (κ3) is 7.21. The molecule has 6 rings (SSSR count). The number of aryl methyl sites for hydroxylation is 1. The Morgan fingerprint density at radius 1 is 1.11 bits per heavy atom. The molecule has 0 bridgehead atoms. The molecule has 4 heterocycles. The van der Waals surface area contributed by atoms with E-state index in [1.54, 1.807) is 13.0 Å². The first kappa shape index (κ1) is 32.7. The average Bonchev–Trinajstić information content (AvgIpc) is 3.83. The molecule has 1 aliphatic heterocycles. The van der Waals surface area contributed by atoms with Crippen LogP contribution in [0.1, 0.15) is 67.5 Å². The molecule has 1 saturated carbocycles. The fraction of sp³-hybridized carbons (Fsp3) is 0.469. The summed E-state index contributed by atoms with van der Waals surface area (Å²) in [5.74, 6) is 0.166. The molecule has 1 saturated heterocycles. The van der Waals surface area contributed by atoms with Crippen molar-refractivity contribution in [3.63, 3.8) is 0 Å². The lowest BCUT2D eigenvalue weighted by Crippen LogP contribution is -2.34. The van der Waals surface area contributed by atoms with E-state index in [9.17, 15) is 18.3 Å². The number of hydrogen-bond acceptors (Lipinski definition) is 10. The number of aromatic nitrogens is 6. The van der Waals surface area contributed by atoms with E-state index in [1.807, 2.05) is 0 Å². The number of anilines is 1. The molecule has 3 aromatic heterocycles. The molecule has 0 radical (unpaired) electrons. The predicted molar refractivity (Wildman–Crippen MR) is 162 cm³/mol. The van der Waals surface area contributed by atoms with E-state index in [2.05, 4.69) is 25.3 Å². The molecule has 4 aromatic rings. The van der Waals surface area contributed by atoms with Crippen molar-refractivity contribution in [2.45, 2.75) is 69.6 Å². The quantitative estimate of drug-likeness (QED) is 0.193. The van der Waals surface area contributed by atoms with Gasteiger partial charge in [-0.2, -0.15) is 13.2 Å². The van der Waals surface area contributed by atoms with Crippen molar-refractivity contribution in [3.8, 4) is 28.7 Å². The van der Waals surface area contributed by atoms with Crippen LogP contribution in [0.2, 0.25) is 0 Å². The number of rotatable bonds is 11. The molecule has 1 aliphatic carbocycles. The molecular formula is C32H35F4N7O4. The normalized spacial score (nSPS) is 18.2. The summed E-state index contributed by atoms with van der Waals surface area (Å²) in [5.41, 5.74) is -0.641. The fourth-order valence-corrected chi connectivity index (χ4v) is 5.51. The highest BCUT2D eigenvalue weighted by Crippen LogP contribution is 2.45. The number of halogens is 4. The SMILES string of the molecule is COc1ncnc(C2CC2)c1-c1ncc(C(C)(O)COC2CCCCO2)c(NCc2ccc(-c3nc(C(F)(F)F)cn3C)c(F)c2)n1. The first-order valence-electron chi connectivity index (χ1n) is 15.3. The van der Waals surface area contributed by atoms with E-state index in [1.165, 1.54) is 38.8 Å². The number of alkyl halides is 3. The third-order valence-corrected chi connectivity index (χ3v) is 8.18. The van der Waals surface area contributed by atoms with E-state index in [-0.39, 0.29) is 42.1 Å². The maximum Gasteiger partial charge on any atom is 0.434 e. The minimum Gasteiger partial charge on any atom is -0.480 e. The first-order chi connectivity index (χ1) is 22.4. The van der Waals surface area contributed by atoms with Crippen molar-refractivity contribution in [1.82, 2.24) is 29.5 Å². The largest absolute Gasteiger partial charge is 0.480 e. The topological polar surface area (TPSA) is 129 Å². The van der Waals surface area contributed by atoms with Crippen LogP contribution in [0.15, 0.2) is 36.9 Å². The van der Waals surface area contributed by atoms with Gasteiger partial charge in [0.25, 0.3) is 0 Å². The highest BCUT2D eigenvalue weighted by atomic mass is 19.4. The first-order valence-corrected chi connectivity index (χ1v) is 15.3. The molecule has 11 nitrogen and oxygen atoms in total. The smallest absolute Gasteiger partial charge is 0.434 e. The Kier molecular flexibility index (Phi) is 9.14. The Bertz CT molecular complexity index is 1740. The summed E-state index contributed by atoms with van der Waals surface area (Å²) >= 11 is 0. The zero-order chi connectivity index (χ0) is 33.3. The summed E-state index contributed by atoms with van der Waals surface area (Å²) in [6.45, 7) is 2.11. The number of imidazole rings is 1. The molecule has 2 aliphatic rings. The maximum absolute atomic E-state index is 15.3. The van der Waals surface area contributed by atoms with Crippen LogP contribution in [0.3, 0.4) is 0 Å². The lowest BCUT2D eigenvalue weighted by atomic mass is 9.98. The molecule has 2 N–H and O–H groups in total. The number of nitrogens with zero attached hydrogens (tertiary/aromatic N) is 6. The zero-order valence-corrected chi connectivity index (χ0v) is 26.1. The van der Waals surface area contributed by atoms with Crippen molar-refractivity contribution in [1.29, 1.82) is 0 Å². The summed E-state index contributed by atoms with van der Waals surface area (Å²) in [6.07, 6.45) is 3.20. The van der Waals surface area contributed by atoms with Crippen molar-refractivity contribution < 1.29 is 36.9 Å². The summed E-state index contributed by atoms with van der Waals surface area (Å²) in [4.78, 5) is 21.7. The van der Waals surface area contributed by atoms with Gasteiger partial charge in [0.1, 0.15) is 35.0 Å². The van der Waals surface area contributed by atoms with Gasteiger partial charge in [-0.05, 0) is 56.7 Å². The minimum absolute atomic E-state index is 0.0512.